The van der Waals surface area contributed by atoms with Gasteiger partial charge in [-0.3, -0.25) is 0 Å². The van der Waals surface area contributed by atoms with Gasteiger partial charge >= 0.3 is 0 Å². The third-order valence-electron chi connectivity index (χ3n) is 1.77. The summed E-state index contributed by atoms with van der Waals surface area (Å²) in [6.45, 7) is 4.28. The quantitative estimate of drug-likeness (QED) is 0.565. The van der Waals surface area contributed by atoms with Crippen LogP contribution in [-0.2, 0) is 0 Å². The Morgan fingerprint density at radius 3 is 2.44 bits per heavy atom. The lowest BCUT2D eigenvalue weighted by Crippen LogP contribution is -2.23. The fraction of sp³-hybridized carbons (Fsp3) is 0.714. The molecule has 0 spiro atoms. The van der Waals surface area contributed by atoms with Crippen molar-refractivity contribution in [2.45, 2.75) is 19.8 Å². The molecule has 0 aliphatic carbocycles. The van der Waals surface area contributed by atoms with Crippen LogP contribution in [0.15, 0.2) is 11.9 Å². The molecule has 0 radical (unpaired) electrons. The minimum atomic E-state index is 0.938. The summed E-state index contributed by atoms with van der Waals surface area (Å²) in [5.74, 6) is 0.938. The van der Waals surface area contributed by atoms with E-state index in [1.54, 1.807) is 0 Å². The zero-order valence-corrected chi connectivity index (χ0v) is 5.93. The summed E-state index contributed by atoms with van der Waals surface area (Å²) in [4.78, 5) is 2.22. The van der Waals surface area contributed by atoms with E-state index in [-0.39, 0.29) is 0 Å². The molecular formula is C7H14N2. The number of allylic oxidation sites excluding steroid dienone is 1. The van der Waals surface area contributed by atoms with Gasteiger partial charge in [0.25, 0.3) is 0 Å². The van der Waals surface area contributed by atoms with Gasteiger partial charge in [0.1, 0.15) is 0 Å². The van der Waals surface area contributed by atoms with Crippen molar-refractivity contribution in [1.29, 1.82) is 0 Å². The lowest BCUT2D eigenvalue weighted by atomic mass is 10.4. The first-order valence-corrected chi connectivity index (χ1v) is 3.51. The SMILES string of the molecule is C/C=C(\N)N1CCCC1. The Balaban J connectivity index is 2.42. The van der Waals surface area contributed by atoms with E-state index in [2.05, 4.69) is 4.90 Å². The van der Waals surface area contributed by atoms with Crippen LogP contribution in [0.5, 0.6) is 0 Å². The summed E-state index contributed by atoms with van der Waals surface area (Å²) in [5, 5.41) is 0. The van der Waals surface area contributed by atoms with E-state index >= 15 is 0 Å². The minimum Gasteiger partial charge on any atom is -0.386 e. The average molecular weight is 126 g/mol. The lowest BCUT2D eigenvalue weighted by molar-refractivity contribution is 0.421. The molecule has 1 aliphatic heterocycles. The van der Waals surface area contributed by atoms with Gasteiger partial charge in [0.2, 0.25) is 0 Å². The molecule has 0 aromatic carbocycles. The van der Waals surface area contributed by atoms with Crippen molar-refractivity contribution in [1.82, 2.24) is 4.90 Å². The van der Waals surface area contributed by atoms with E-state index < -0.39 is 0 Å². The van der Waals surface area contributed by atoms with Crippen molar-refractivity contribution < 1.29 is 0 Å². The summed E-state index contributed by atoms with van der Waals surface area (Å²) in [7, 11) is 0. The normalized spacial score (nSPS) is 21.0. The monoisotopic (exact) mass is 126 g/mol. The van der Waals surface area contributed by atoms with Crippen LogP contribution in [0.25, 0.3) is 0 Å². The van der Waals surface area contributed by atoms with E-state index in [1.807, 2.05) is 13.0 Å². The zero-order chi connectivity index (χ0) is 6.69. The molecular weight excluding hydrogens is 112 g/mol. The van der Waals surface area contributed by atoms with Gasteiger partial charge in [-0.25, -0.2) is 0 Å². The van der Waals surface area contributed by atoms with Crippen LogP contribution in [0.1, 0.15) is 19.8 Å². The van der Waals surface area contributed by atoms with Crippen molar-refractivity contribution >= 4 is 0 Å². The van der Waals surface area contributed by atoms with Crippen LogP contribution in [-0.4, -0.2) is 18.0 Å². The number of nitrogens with two attached hydrogens (primary N) is 1. The second-order valence-corrected chi connectivity index (χ2v) is 2.41. The fourth-order valence-electron chi connectivity index (χ4n) is 1.16. The Hall–Kier alpha value is -0.660. The van der Waals surface area contributed by atoms with Gasteiger partial charge in [0, 0.05) is 13.1 Å². The van der Waals surface area contributed by atoms with Gasteiger partial charge in [-0.1, -0.05) is 0 Å². The summed E-state index contributed by atoms with van der Waals surface area (Å²) in [6, 6.07) is 0. The van der Waals surface area contributed by atoms with Crippen molar-refractivity contribution in [3.05, 3.63) is 11.9 Å². The number of likely N-dealkylation sites (tertiary alicyclic amines) is 1. The summed E-state index contributed by atoms with van der Waals surface area (Å²) >= 11 is 0. The number of rotatable bonds is 1. The maximum absolute atomic E-state index is 5.67. The molecule has 1 saturated heterocycles. The molecule has 0 bridgehead atoms. The molecule has 0 aromatic rings. The molecule has 2 nitrogen and oxygen atoms in total. The standard InChI is InChI=1S/C7H14N2/c1-2-7(8)9-5-3-4-6-9/h2H,3-6,8H2,1H3/b7-2+. The molecule has 0 amide bonds. The summed E-state index contributed by atoms with van der Waals surface area (Å²) in [6.07, 6.45) is 4.56. The highest BCUT2D eigenvalue weighted by atomic mass is 15.2. The van der Waals surface area contributed by atoms with Crippen LogP contribution in [0, 0.1) is 0 Å². The van der Waals surface area contributed by atoms with Gasteiger partial charge in [-0.2, -0.15) is 0 Å². The first-order chi connectivity index (χ1) is 4.34. The summed E-state index contributed by atoms with van der Waals surface area (Å²) < 4.78 is 0. The van der Waals surface area contributed by atoms with Crippen LogP contribution in [0.4, 0.5) is 0 Å². The third-order valence-corrected chi connectivity index (χ3v) is 1.77. The van der Waals surface area contributed by atoms with Gasteiger partial charge in [0.15, 0.2) is 0 Å². The number of hydrogen-bond donors (Lipinski definition) is 1. The molecule has 2 heteroatoms. The van der Waals surface area contributed by atoms with Crippen LogP contribution in [0.2, 0.25) is 0 Å². The lowest BCUT2D eigenvalue weighted by Gasteiger charge is -2.16. The van der Waals surface area contributed by atoms with Gasteiger partial charge < -0.3 is 10.6 Å². The molecule has 0 saturated carbocycles. The molecule has 1 rings (SSSR count). The van der Waals surface area contributed by atoms with Crippen molar-refractivity contribution in [3.63, 3.8) is 0 Å². The zero-order valence-electron chi connectivity index (χ0n) is 5.93. The second kappa shape index (κ2) is 2.76. The van der Waals surface area contributed by atoms with Crippen molar-refractivity contribution in [3.8, 4) is 0 Å². The van der Waals surface area contributed by atoms with Crippen LogP contribution in [0.3, 0.4) is 0 Å². The maximum atomic E-state index is 5.67. The first-order valence-electron chi connectivity index (χ1n) is 3.51. The van der Waals surface area contributed by atoms with Crippen molar-refractivity contribution in [2.24, 2.45) is 5.73 Å². The molecule has 0 aromatic heterocycles. The molecule has 9 heavy (non-hydrogen) atoms. The van der Waals surface area contributed by atoms with E-state index in [0.29, 0.717) is 0 Å². The minimum absolute atomic E-state index is 0.938. The van der Waals surface area contributed by atoms with E-state index in [0.717, 1.165) is 18.9 Å². The van der Waals surface area contributed by atoms with Crippen LogP contribution >= 0.6 is 0 Å². The topological polar surface area (TPSA) is 29.3 Å². The highest BCUT2D eigenvalue weighted by molar-refractivity contribution is 4.95. The summed E-state index contributed by atoms with van der Waals surface area (Å²) in [5.41, 5.74) is 5.67. The van der Waals surface area contributed by atoms with E-state index in [4.69, 9.17) is 5.73 Å². The first kappa shape index (κ1) is 6.46. The van der Waals surface area contributed by atoms with Gasteiger partial charge in [-0.15, -0.1) is 0 Å². The highest BCUT2D eigenvalue weighted by Crippen LogP contribution is 2.09. The average Bonchev–Trinajstić information content (AvgIpc) is 2.37. The fourth-order valence-corrected chi connectivity index (χ4v) is 1.16. The molecule has 1 heterocycles. The predicted octanol–water partition coefficient (Wildman–Crippen LogP) is 0.902. The maximum Gasteiger partial charge on any atom is 0.0942 e. The number of nitrogens with zero attached hydrogens (tertiary/aromatic N) is 1. The Kier molecular flexibility index (Phi) is 1.98. The van der Waals surface area contributed by atoms with Gasteiger partial charge in [-0.05, 0) is 25.8 Å². The molecule has 0 atom stereocenters. The Labute approximate surface area is 56.3 Å². The largest absolute Gasteiger partial charge is 0.386 e. The smallest absolute Gasteiger partial charge is 0.0942 e. The number of hydrogen-bond acceptors (Lipinski definition) is 2. The third kappa shape index (κ3) is 1.37. The van der Waals surface area contributed by atoms with E-state index in [9.17, 15) is 0 Å². The predicted molar refractivity (Wildman–Crippen MR) is 38.8 cm³/mol. The molecule has 1 fully saturated rings. The molecule has 52 valence electrons. The Morgan fingerprint density at radius 2 is 2.00 bits per heavy atom. The van der Waals surface area contributed by atoms with Gasteiger partial charge in [0.05, 0.1) is 5.82 Å². The van der Waals surface area contributed by atoms with E-state index in [1.165, 1.54) is 12.8 Å². The second-order valence-electron chi connectivity index (χ2n) is 2.41. The molecule has 1 aliphatic rings. The van der Waals surface area contributed by atoms with Crippen molar-refractivity contribution in [2.75, 3.05) is 13.1 Å². The highest BCUT2D eigenvalue weighted by Gasteiger charge is 2.10. The Bertz CT molecular complexity index is 112. The Morgan fingerprint density at radius 1 is 1.44 bits per heavy atom. The molecule has 0 unspecified atom stereocenters. The van der Waals surface area contributed by atoms with Crippen LogP contribution < -0.4 is 5.73 Å². The molecule has 2 N–H and O–H groups in total.